The van der Waals surface area contributed by atoms with Gasteiger partial charge in [0, 0.05) is 5.88 Å². The van der Waals surface area contributed by atoms with Gasteiger partial charge in [-0.1, -0.05) is 50.1 Å². The van der Waals surface area contributed by atoms with Crippen molar-refractivity contribution in [1.29, 1.82) is 0 Å². The van der Waals surface area contributed by atoms with Crippen LogP contribution in [-0.4, -0.2) is 5.88 Å². The van der Waals surface area contributed by atoms with Crippen molar-refractivity contribution in [2.75, 3.05) is 5.88 Å². The van der Waals surface area contributed by atoms with Crippen molar-refractivity contribution < 1.29 is 0 Å². The molecule has 0 aliphatic rings. The van der Waals surface area contributed by atoms with Gasteiger partial charge in [0.1, 0.15) is 0 Å². The standard InChI is InChI=1S/C14H21Cl/c1-4-11(2)8-14(10-15)13-7-5-6-12(3)9-13/h5-7,9,11,14H,4,8,10H2,1-3H3. The average molecular weight is 225 g/mol. The second-order valence-corrected chi connectivity index (χ2v) is 4.82. The Morgan fingerprint density at radius 1 is 1.33 bits per heavy atom. The zero-order chi connectivity index (χ0) is 11.3. The lowest BCUT2D eigenvalue weighted by Gasteiger charge is -2.18. The smallest absolute Gasteiger partial charge is 0.0292 e. The molecule has 1 rings (SSSR count). The van der Waals surface area contributed by atoms with Crippen LogP contribution < -0.4 is 0 Å². The summed E-state index contributed by atoms with van der Waals surface area (Å²) in [6.45, 7) is 6.68. The molecule has 0 spiro atoms. The number of rotatable bonds is 5. The van der Waals surface area contributed by atoms with E-state index in [9.17, 15) is 0 Å². The van der Waals surface area contributed by atoms with Crippen LogP contribution in [0.3, 0.4) is 0 Å². The van der Waals surface area contributed by atoms with Crippen LogP contribution in [0.25, 0.3) is 0 Å². The van der Waals surface area contributed by atoms with E-state index in [2.05, 4.69) is 45.0 Å². The molecule has 84 valence electrons. The Hall–Kier alpha value is -0.490. The van der Waals surface area contributed by atoms with Gasteiger partial charge in [-0.25, -0.2) is 0 Å². The molecule has 2 atom stereocenters. The number of alkyl halides is 1. The Balaban J connectivity index is 2.73. The maximum atomic E-state index is 6.06. The van der Waals surface area contributed by atoms with Gasteiger partial charge in [0.05, 0.1) is 0 Å². The molecule has 1 aromatic carbocycles. The number of halogens is 1. The molecule has 0 N–H and O–H groups in total. The minimum absolute atomic E-state index is 0.515. The van der Waals surface area contributed by atoms with Crippen LogP contribution in [0.2, 0.25) is 0 Å². The Morgan fingerprint density at radius 3 is 2.60 bits per heavy atom. The van der Waals surface area contributed by atoms with Crippen molar-refractivity contribution in [1.82, 2.24) is 0 Å². The van der Waals surface area contributed by atoms with Gasteiger partial charge in [0.2, 0.25) is 0 Å². The summed E-state index contributed by atoms with van der Waals surface area (Å²) in [5.74, 6) is 2.00. The van der Waals surface area contributed by atoms with E-state index in [1.165, 1.54) is 24.0 Å². The monoisotopic (exact) mass is 224 g/mol. The summed E-state index contributed by atoms with van der Waals surface area (Å²) in [6.07, 6.45) is 2.43. The fourth-order valence-corrected chi connectivity index (χ4v) is 2.17. The molecule has 0 saturated heterocycles. The average Bonchev–Trinajstić information content (AvgIpc) is 2.25. The summed E-state index contributed by atoms with van der Waals surface area (Å²) in [6, 6.07) is 8.72. The third-order valence-electron chi connectivity index (χ3n) is 3.08. The van der Waals surface area contributed by atoms with Crippen LogP contribution in [0, 0.1) is 12.8 Å². The third kappa shape index (κ3) is 3.87. The molecule has 15 heavy (non-hydrogen) atoms. The molecule has 0 aromatic heterocycles. The van der Waals surface area contributed by atoms with Gasteiger partial charge in [0.15, 0.2) is 0 Å². The highest BCUT2D eigenvalue weighted by molar-refractivity contribution is 6.18. The van der Waals surface area contributed by atoms with Crippen molar-refractivity contribution in [3.63, 3.8) is 0 Å². The van der Waals surface area contributed by atoms with Gasteiger partial charge in [0.25, 0.3) is 0 Å². The minimum atomic E-state index is 0.515. The van der Waals surface area contributed by atoms with Gasteiger partial charge in [-0.3, -0.25) is 0 Å². The summed E-state index contributed by atoms with van der Waals surface area (Å²) in [4.78, 5) is 0. The van der Waals surface area contributed by atoms with E-state index in [4.69, 9.17) is 11.6 Å². The van der Waals surface area contributed by atoms with Crippen molar-refractivity contribution >= 4 is 11.6 Å². The van der Waals surface area contributed by atoms with E-state index in [0.717, 1.165) is 11.8 Å². The van der Waals surface area contributed by atoms with Crippen LogP contribution >= 0.6 is 11.6 Å². The second-order valence-electron chi connectivity index (χ2n) is 4.51. The molecule has 0 aliphatic heterocycles. The quantitative estimate of drug-likeness (QED) is 0.633. The lowest BCUT2D eigenvalue weighted by atomic mass is 9.89. The number of aryl methyl sites for hydroxylation is 1. The second kappa shape index (κ2) is 6.17. The topological polar surface area (TPSA) is 0 Å². The van der Waals surface area contributed by atoms with Gasteiger partial charge >= 0.3 is 0 Å². The van der Waals surface area contributed by atoms with Crippen LogP contribution in [0.15, 0.2) is 24.3 Å². The van der Waals surface area contributed by atoms with Crippen LogP contribution in [-0.2, 0) is 0 Å². The Bertz CT molecular complexity index is 293. The van der Waals surface area contributed by atoms with Gasteiger partial charge in [-0.05, 0) is 30.7 Å². The van der Waals surface area contributed by atoms with E-state index in [1.807, 2.05) is 0 Å². The fourth-order valence-electron chi connectivity index (χ4n) is 1.86. The lowest BCUT2D eigenvalue weighted by molar-refractivity contribution is 0.473. The molecule has 0 aliphatic carbocycles. The Morgan fingerprint density at radius 2 is 2.07 bits per heavy atom. The normalized spacial score (nSPS) is 14.9. The maximum Gasteiger partial charge on any atom is 0.0292 e. The summed E-state index contributed by atoms with van der Waals surface area (Å²) in [5, 5.41) is 0. The summed E-state index contributed by atoms with van der Waals surface area (Å²) in [7, 11) is 0. The van der Waals surface area contributed by atoms with E-state index in [0.29, 0.717) is 5.92 Å². The van der Waals surface area contributed by atoms with Crippen LogP contribution in [0.1, 0.15) is 43.7 Å². The van der Waals surface area contributed by atoms with E-state index < -0.39 is 0 Å². The highest BCUT2D eigenvalue weighted by Gasteiger charge is 2.13. The summed E-state index contributed by atoms with van der Waals surface area (Å²) in [5.41, 5.74) is 2.72. The molecular weight excluding hydrogens is 204 g/mol. The van der Waals surface area contributed by atoms with Gasteiger partial charge < -0.3 is 0 Å². The van der Waals surface area contributed by atoms with Crippen molar-refractivity contribution in [2.24, 2.45) is 5.92 Å². The number of hydrogen-bond acceptors (Lipinski definition) is 0. The number of hydrogen-bond donors (Lipinski definition) is 0. The molecular formula is C14H21Cl. The van der Waals surface area contributed by atoms with Crippen molar-refractivity contribution in [3.8, 4) is 0 Å². The summed E-state index contributed by atoms with van der Waals surface area (Å²) < 4.78 is 0. The first kappa shape index (κ1) is 12.6. The Kier molecular flexibility index (Phi) is 5.17. The molecule has 0 bridgehead atoms. The lowest BCUT2D eigenvalue weighted by Crippen LogP contribution is -2.06. The minimum Gasteiger partial charge on any atom is -0.126 e. The molecule has 2 unspecified atom stereocenters. The van der Waals surface area contributed by atoms with Crippen LogP contribution in [0.5, 0.6) is 0 Å². The maximum absolute atomic E-state index is 6.06. The molecule has 0 nitrogen and oxygen atoms in total. The van der Waals surface area contributed by atoms with E-state index in [1.54, 1.807) is 0 Å². The zero-order valence-corrected chi connectivity index (χ0v) is 10.7. The predicted molar refractivity (Wildman–Crippen MR) is 68.7 cm³/mol. The Labute approximate surface area is 98.7 Å². The highest BCUT2D eigenvalue weighted by atomic mass is 35.5. The molecule has 0 saturated carbocycles. The van der Waals surface area contributed by atoms with Gasteiger partial charge in [-0.2, -0.15) is 0 Å². The largest absolute Gasteiger partial charge is 0.126 e. The molecule has 0 radical (unpaired) electrons. The zero-order valence-electron chi connectivity index (χ0n) is 9.96. The van der Waals surface area contributed by atoms with Crippen molar-refractivity contribution in [2.45, 2.75) is 39.5 Å². The van der Waals surface area contributed by atoms with Crippen LogP contribution in [0.4, 0.5) is 0 Å². The number of benzene rings is 1. The molecule has 1 heteroatoms. The first-order valence-electron chi connectivity index (χ1n) is 5.79. The van der Waals surface area contributed by atoms with Gasteiger partial charge in [-0.15, -0.1) is 11.6 Å². The predicted octanol–water partition coefficient (Wildman–Crippen LogP) is 4.75. The fraction of sp³-hybridized carbons (Fsp3) is 0.571. The van der Waals surface area contributed by atoms with E-state index >= 15 is 0 Å². The van der Waals surface area contributed by atoms with Crippen molar-refractivity contribution in [3.05, 3.63) is 35.4 Å². The third-order valence-corrected chi connectivity index (χ3v) is 3.46. The molecule has 1 aromatic rings. The first-order valence-corrected chi connectivity index (χ1v) is 6.33. The molecule has 0 fully saturated rings. The summed E-state index contributed by atoms with van der Waals surface area (Å²) >= 11 is 6.06. The van der Waals surface area contributed by atoms with E-state index in [-0.39, 0.29) is 0 Å². The molecule has 0 heterocycles. The molecule has 0 amide bonds. The first-order chi connectivity index (χ1) is 7.17. The highest BCUT2D eigenvalue weighted by Crippen LogP contribution is 2.26. The SMILES string of the molecule is CCC(C)CC(CCl)c1cccc(C)c1.